The van der Waals surface area contributed by atoms with Crippen molar-refractivity contribution in [3.8, 4) is 0 Å². The lowest BCUT2D eigenvalue weighted by Crippen LogP contribution is -2.39. The SMILES string of the molecule is CC(C)CNCc1ccc(N(C)C2CCCCC2C)nn1. The Balaban J connectivity index is 1.91. The van der Waals surface area contributed by atoms with Crippen molar-refractivity contribution in [2.75, 3.05) is 18.5 Å². The molecule has 1 N–H and O–H groups in total. The Hall–Kier alpha value is -1.16. The van der Waals surface area contributed by atoms with Crippen LogP contribution in [-0.2, 0) is 6.54 Å². The molecule has 2 unspecified atom stereocenters. The molecule has 4 nitrogen and oxygen atoms in total. The van der Waals surface area contributed by atoms with Gasteiger partial charge in [0.15, 0.2) is 5.82 Å². The van der Waals surface area contributed by atoms with Gasteiger partial charge in [-0.25, -0.2) is 0 Å². The van der Waals surface area contributed by atoms with E-state index >= 15 is 0 Å². The molecule has 1 aromatic heterocycles. The number of rotatable bonds is 6. The van der Waals surface area contributed by atoms with Crippen molar-refractivity contribution in [1.29, 1.82) is 0 Å². The Labute approximate surface area is 129 Å². The molecule has 0 radical (unpaired) electrons. The Morgan fingerprint density at radius 3 is 2.62 bits per heavy atom. The van der Waals surface area contributed by atoms with Crippen molar-refractivity contribution in [2.45, 2.75) is 59.0 Å². The summed E-state index contributed by atoms with van der Waals surface area (Å²) in [7, 11) is 2.16. The van der Waals surface area contributed by atoms with E-state index in [0.717, 1.165) is 30.5 Å². The summed E-state index contributed by atoms with van der Waals surface area (Å²) in [4.78, 5) is 2.32. The molecule has 1 aliphatic carbocycles. The van der Waals surface area contributed by atoms with Crippen LogP contribution in [0.25, 0.3) is 0 Å². The summed E-state index contributed by atoms with van der Waals surface area (Å²) >= 11 is 0. The number of nitrogens with one attached hydrogen (secondary N) is 1. The zero-order chi connectivity index (χ0) is 15.2. The largest absolute Gasteiger partial charge is 0.355 e. The molecule has 0 bridgehead atoms. The second-order valence-corrected chi connectivity index (χ2v) is 6.85. The zero-order valence-electron chi connectivity index (χ0n) is 14.0. The van der Waals surface area contributed by atoms with Crippen molar-refractivity contribution >= 4 is 5.82 Å². The minimum Gasteiger partial charge on any atom is -0.355 e. The van der Waals surface area contributed by atoms with E-state index < -0.39 is 0 Å². The average molecular weight is 290 g/mol. The minimum atomic E-state index is 0.609. The molecule has 0 saturated heterocycles. The second kappa shape index (κ2) is 7.74. The van der Waals surface area contributed by atoms with Crippen molar-refractivity contribution in [1.82, 2.24) is 15.5 Å². The van der Waals surface area contributed by atoms with Crippen LogP contribution in [-0.4, -0.2) is 29.8 Å². The normalized spacial score (nSPS) is 22.5. The van der Waals surface area contributed by atoms with Crippen molar-refractivity contribution in [3.63, 3.8) is 0 Å². The van der Waals surface area contributed by atoms with E-state index in [0.29, 0.717) is 12.0 Å². The van der Waals surface area contributed by atoms with Gasteiger partial charge in [-0.15, -0.1) is 5.10 Å². The van der Waals surface area contributed by atoms with Gasteiger partial charge in [0.25, 0.3) is 0 Å². The van der Waals surface area contributed by atoms with Gasteiger partial charge in [0.2, 0.25) is 0 Å². The minimum absolute atomic E-state index is 0.609. The van der Waals surface area contributed by atoms with E-state index in [2.05, 4.69) is 60.4 Å². The van der Waals surface area contributed by atoms with Gasteiger partial charge in [0.1, 0.15) is 0 Å². The molecular weight excluding hydrogens is 260 g/mol. The highest BCUT2D eigenvalue weighted by molar-refractivity contribution is 5.38. The fourth-order valence-corrected chi connectivity index (χ4v) is 3.17. The average Bonchev–Trinajstić information content (AvgIpc) is 2.47. The quantitative estimate of drug-likeness (QED) is 0.873. The molecule has 0 aromatic carbocycles. The Kier molecular flexibility index (Phi) is 5.97. The summed E-state index contributed by atoms with van der Waals surface area (Å²) in [6.07, 6.45) is 5.32. The van der Waals surface area contributed by atoms with Gasteiger partial charge in [-0.05, 0) is 43.4 Å². The smallest absolute Gasteiger partial charge is 0.151 e. The van der Waals surface area contributed by atoms with E-state index in [9.17, 15) is 0 Å². The molecular formula is C17H30N4. The van der Waals surface area contributed by atoms with Crippen LogP contribution in [0.5, 0.6) is 0 Å². The summed E-state index contributed by atoms with van der Waals surface area (Å²) in [6.45, 7) is 8.60. The molecule has 0 amide bonds. The summed E-state index contributed by atoms with van der Waals surface area (Å²) < 4.78 is 0. The van der Waals surface area contributed by atoms with E-state index in [-0.39, 0.29) is 0 Å². The van der Waals surface area contributed by atoms with E-state index in [1.165, 1.54) is 25.7 Å². The highest BCUT2D eigenvalue weighted by Gasteiger charge is 2.25. The predicted molar refractivity (Wildman–Crippen MR) is 88.4 cm³/mol. The van der Waals surface area contributed by atoms with Crippen LogP contribution in [0.1, 0.15) is 52.1 Å². The fourth-order valence-electron chi connectivity index (χ4n) is 3.17. The summed E-state index contributed by atoms with van der Waals surface area (Å²) in [5.74, 6) is 2.41. The first kappa shape index (κ1) is 16.2. The van der Waals surface area contributed by atoms with Crippen molar-refractivity contribution < 1.29 is 0 Å². The monoisotopic (exact) mass is 290 g/mol. The number of aromatic nitrogens is 2. The van der Waals surface area contributed by atoms with Crippen molar-refractivity contribution in [3.05, 3.63) is 17.8 Å². The maximum atomic E-state index is 4.42. The highest BCUT2D eigenvalue weighted by atomic mass is 15.3. The first-order chi connectivity index (χ1) is 10.1. The molecule has 0 aliphatic heterocycles. The molecule has 118 valence electrons. The third-order valence-corrected chi connectivity index (χ3v) is 4.49. The molecule has 1 saturated carbocycles. The maximum absolute atomic E-state index is 4.42. The van der Waals surface area contributed by atoms with Gasteiger partial charge < -0.3 is 10.2 Å². The number of anilines is 1. The molecule has 21 heavy (non-hydrogen) atoms. The third kappa shape index (κ3) is 4.67. The molecule has 1 fully saturated rings. The molecule has 2 rings (SSSR count). The Morgan fingerprint density at radius 2 is 2.00 bits per heavy atom. The van der Waals surface area contributed by atoms with Gasteiger partial charge in [0, 0.05) is 19.6 Å². The lowest BCUT2D eigenvalue weighted by atomic mass is 9.85. The lowest BCUT2D eigenvalue weighted by Gasteiger charge is -2.36. The fraction of sp³-hybridized carbons (Fsp3) is 0.765. The summed E-state index contributed by atoms with van der Waals surface area (Å²) in [5, 5.41) is 12.2. The topological polar surface area (TPSA) is 41.0 Å². The van der Waals surface area contributed by atoms with Gasteiger partial charge in [-0.3, -0.25) is 0 Å². The van der Waals surface area contributed by atoms with Gasteiger partial charge >= 0.3 is 0 Å². The predicted octanol–water partition coefficient (Wildman–Crippen LogP) is 3.24. The molecule has 1 heterocycles. The number of nitrogens with zero attached hydrogens (tertiary/aromatic N) is 3. The number of hydrogen-bond acceptors (Lipinski definition) is 4. The second-order valence-electron chi connectivity index (χ2n) is 6.85. The third-order valence-electron chi connectivity index (χ3n) is 4.49. The zero-order valence-corrected chi connectivity index (χ0v) is 14.0. The first-order valence-electron chi connectivity index (χ1n) is 8.34. The first-order valence-corrected chi connectivity index (χ1v) is 8.34. The van der Waals surface area contributed by atoms with Crippen LogP contribution < -0.4 is 10.2 Å². The van der Waals surface area contributed by atoms with Crippen LogP contribution in [0.15, 0.2) is 12.1 Å². The van der Waals surface area contributed by atoms with Gasteiger partial charge in [-0.2, -0.15) is 5.10 Å². The molecule has 4 heteroatoms. The molecule has 2 atom stereocenters. The Morgan fingerprint density at radius 1 is 1.24 bits per heavy atom. The van der Waals surface area contributed by atoms with Crippen molar-refractivity contribution in [2.24, 2.45) is 11.8 Å². The van der Waals surface area contributed by atoms with E-state index in [4.69, 9.17) is 0 Å². The number of hydrogen-bond donors (Lipinski definition) is 1. The van der Waals surface area contributed by atoms with E-state index in [1.54, 1.807) is 0 Å². The maximum Gasteiger partial charge on any atom is 0.151 e. The van der Waals surface area contributed by atoms with Gasteiger partial charge in [-0.1, -0.05) is 33.6 Å². The van der Waals surface area contributed by atoms with Crippen LogP contribution in [0, 0.1) is 11.8 Å². The standard InChI is InChI=1S/C17H30N4/c1-13(2)11-18-12-15-9-10-17(20-19-15)21(4)16-8-6-5-7-14(16)3/h9-10,13-14,16,18H,5-8,11-12H2,1-4H3. The van der Waals surface area contributed by atoms with Crippen LogP contribution in [0.2, 0.25) is 0 Å². The van der Waals surface area contributed by atoms with Gasteiger partial charge in [0.05, 0.1) is 5.69 Å². The molecule has 0 spiro atoms. The molecule has 1 aromatic rings. The summed E-state index contributed by atoms with van der Waals surface area (Å²) in [5.41, 5.74) is 1.02. The van der Waals surface area contributed by atoms with E-state index in [1.807, 2.05) is 0 Å². The summed E-state index contributed by atoms with van der Waals surface area (Å²) in [6, 6.07) is 4.82. The lowest BCUT2D eigenvalue weighted by molar-refractivity contribution is 0.320. The van der Waals surface area contributed by atoms with Crippen LogP contribution in [0.3, 0.4) is 0 Å². The molecule has 1 aliphatic rings. The van der Waals surface area contributed by atoms with Crippen LogP contribution in [0.4, 0.5) is 5.82 Å². The highest BCUT2D eigenvalue weighted by Crippen LogP contribution is 2.29. The Bertz CT molecular complexity index is 415. The van der Waals surface area contributed by atoms with Crippen LogP contribution >= 0.6 is 0 Å².